The molecule has 0 radical (unpaired) electrons. The number of hydrogen-bond acceptors (Lipinski definition) is 6. The van der Waals surface area contributed by atoms with Gasteiger partial charge in [0.15, 0.2) is 0 Å². The zero-order valence-corrected chi connectivity index (χ0v) is 14.4. The number of hydrogen-bond donors (Lipinski definition) is 0. The number of rotatable bonds is 10. The van der Waals surface area contributed by atoms with E-state index in [-0.39, 0.29) is 25.4 Å². The van der Waals surface area contributed by atoms with Crippen LogP contribution in [-0.2, 0) is 27.2 Å². The summed E-state index contributed by atoms with van der Waals surface area (Å²) in [5.74, 6) is 0. The molecule has 0 spiro atoms. The minimum Gasteiger partial charge on any atom is -0.309 e. The minimum absolute atomic E-state index is 0.151. The van der Waals surface area contributed by atoms with E-state index in [9.17, 15) is 9.13 Å². The first-order valence-corrected chi connectivity index (χ1v) is 10.3. The Hall–Kier alpha value is 0.300. The molecule has 2 unspecified atom stereocenters. The SMILES string of the molecule is CC(C)OP(C)(=O)OCCCOP(C)(=O)OC(C)C. The van der Waals surface area contributed by atoms with Crippen molar-refractivity contribution < 1.29 is 27.2 Å². The lowest BCUT2D eigenvalue weighted by Crippen LogP contribution is -2.06. The summed E-state index contributed by atoms with van der Waals surface area (Å²) in [6, 6.07) is 0. The summed E-state index contributed by atoms with van der Waals surface area (Å²) < 4.78 is 44.1. The van der Waals surface area contributed by atoms with Crippen molar-refractivity contribution >= 4 is 15.2 Å². The molecular formula is C11H26O6P2. The van der Waals surface area contributed by atoms with Crippen molar-refractivity contribution in [3.05, 3.63) is 0 Å². The second-order valence-electron chi connectivity index (χ2n) is 4.87. The molecule has 8 heteroatoms. The van der Waals surface area contributed by atoms with Crippen LogP contribution >= 0.6 is 15.2 Å². The molecule has 0 aromatic rings. The Bertz CT molecular complexity index is 310. The third-order valence-corrected chi connectivity index (χ3v) is 4.66. The van der Waals surface area contributed by atoms with Crippen LogP contribution < -0.4 is 0 Å². The van der Waals surface area contributed by atoms with Crippen LogP contribution in [0.25, 0.3) is 0 Å². The summed E-state index contributed by atoms with van der Waals surface area (Å²) in [5.41, 5.74) is 0. The van der Waals surface area contributed by atoms with Gasteiger partial charge >= 0.3 is 15.2 Å². The smallest absolute Gasteiger partial charge is 0.309 e. The Morgan fingerprint density at radius 3 is 1.37 bits per heavy atom. The van der Waals surface area contributed by atoms with Gasteiger partial charge in [0.05, 0.1) is 25.4 Å². The molecule has 2 atom stereocenters. The van der Waals surface area contributed by atoms with Gasteiger partial charge < -0.3 is 18.1 Å². The van der Waals surface area contributed by atoms with Crippen LogP contribution in [0.1, 0.15) is 34.1 Å². The van der Waals surface area contributed by atoms with E-state index in [2.05, 4.69) is 0 Å². The molecule has 0 saturated carbocycles. The zero-order valence-electron chi connectivity index (χ0n) is 12.6. The summed E-state index contributed by atoms with van der Waals surface area (Å²) in [6.07, 6.45) is 0.170. The zero-order chi connectivity index (χ0) is 15.1. The molecule has 116 valence electrons. The molecule has 19 heavy (non-hydrogen) atoms. The van der Waals surface area contributed by atoms with E-state index in [4.69, 9.17) is 18.1 Å². The van der Waals surface area contributed by atoms with E-state index in [1.807, 2.05) is 0 Å². The maximum Gasteiger partial charge on any atom is 0.327 e. The monoisotopic (exact) mass is 316 g/mol. The highest BCUT2D eigenvalue weighted by Crippen LogP contribution is 2.46. The lowest BCUT2D eigenvalue weighted by Gasteiger charge is -2.18. The third-order valence-electron chi connectivity index (χ3n) is 1.74. The maximum absolute atomic E-state index is 11.8. The fraction of sp³-hybridized carbons (Fsp3) is 1.00. The Balaban J connectivity index is 3.82. The van der Waals surface area contributed by atoms with E-state index in [1.165, 1.54) is 13.3 Å². The Kier molecular flexibility index (Phi) is 8.69. The molecule has 0 aromatic heterocycles. The predicted molar refractivity (Wildman–Crippen MR) is 76.0 cm³/mol. The van der Waals surface area contributed by atoms with Crippen molar-refractivity contribution in [2.45, 2.75) is 46.3 Å². The van der Waals surface area contributed by atoms with Crippen LogP contribution in [0.3, 0.4) is 0 Å². The van der Waals surface area contributed by atoms with Crippen LogP contribution in [0.15, 0.2) is 0 Å². The highest BCUT2D eigenvalue weighted by molar-refractivity contribution is 7.53. The molecule has 0 rings (SSSR count). The minimum atomic E-state index is -3.01. The molecule has 6 nitrogen and oxygen atoms in total. The molecule has 0 amide bonds. The lowest BCUT2D eigenvalue weighted by molar-refractivity contribution is 0.149. The summed E-state index contributed by atoms with van der Waals surface area (Å²) in [4.78, 5) is 0. The van der Waals surface area contributed by atoms with Gasteiger partial charge in [-0.05, 0) is 34.1 Å². The Morgan fingerprint density at radius 1 is 0.789 bits per heavy atom. The van der Waals surface area contributed by atoms with E-state index >= 15 is 0 Å². The van der Waals surface area contributed by atoms with Gasteiger partial charge in [0, 0.05) is 13.3 Å². The van der Waals surface area contributed by atoms with Crippen molar-refractivity contribution in [2.75, 3.05) is 26.5 Å². The summed E-state index contributed by atoms with van der Waals surface area (Å²) in [7, 11) is -6.02. The van der Waals surface area contributed by atoms with Gasteiger partial charge in [-0.1, -0.05) is 0 Å². The molecule has 0 heterocycles. The van der Waals surface area contributed by atoms with Crippen molar-refractivity contribution in [2.24, 2.45) is 0 Å². The third kappa shape index (κ3) is 11.8. The Labute approximate surface area is 116 Å². The van der Waals surface area contributed by atoms with Crippen molar-refractivity contribution in [3.8, 4) is 0 Å². The molecule has 0 aromatic carbocycles. The first kappa shape index (κ1) is 19.3. The molecule has 0 fully saturated rings. The molecule has 0 bridgehead atoms. The van der Waals surface area contributed by atoms with E-state index < -0.39 is 15.2 Å². The highest BCUT2D eigenvalue weighted by atomic mass is 31.2. The molecule has 0 N–H and O–H groups in total. The van der Waals surface area contributed by atoms with Gasteiger partial charge in [0.25, 0.3) is 0 Å². The van der Waals surface area contributed by atoms with E-state index in [0.717, 1.165) is 0 Å². The van der Waals surface area contributed by atoms with E-state index in [0.29, 0.717) is 6.42 Å². The van der Waals surface area contributed by atoms with Gasteiger partial charge in [-0.3, -0.25) is 9.13 Å². The standard InChI is InChI=1S/C11H26O6P2/c1-10(2)16-18(5,12)14-8-7-9-15-19(6,13)17-11(3)4/h10-11H,7-9H2,1-6H3. The van der Waals surface area contributed by atoms with E-state index in [1.54, 1.807) is 27.7 Å². The molecule has 0 aliphatic carbocycles. The largest absolute Gasteiger partial charge is 0.327 e. The highest BCUT2D eigenvalue weighted by Gasteiger charge is 2.20. The second-order valence-corrected chi connectivity index (χ2v) is 8.89. The maximum atomic E-state index is 11.8. The fourth-order valence-electron chi connectivity index (χ4n) is 1.35. The van der Waals surface area contributed by atoms with Crippen LogP contribution in [0.2, 0.25) is 0 Å². The van der Waals surface area contributed by atoms with Crippen LogP contribution in [0.4, 0.5) is 0 Å². The molecule has 0 saturated heterocycles. The van der Waals surface area contributed by atoms with Crippen molar-refractivity contribution in [1.29, 1.82) is 0 Å². The first-order chi connectivity index (χ1) is 8.54. The molecule has 0 aliphatic rings. The van der Waals surface area contributed by atoms with Gasteiger partial charge in [0.1, 0.15) is 0 Å². The average Bonchev–Trinajstić information content (AvgIpc) is 2.11. The van der Waals surface area contributed by atoms with Gasteiger partial charge in [-0.15, -0.1) is 0 Å². The molecule has 0 aliphatic heterocycles. The van der Waals surface area contributed by atoms with Gasteiger partial charge in [-0.2, -0.15) is 0 Å². The van der Waals surface area contributed by atoms with Crippen LogP contribution in [-0.4, -0.2) is 38.8 Å². The normalized spacial score (nSPS) is 18.5. The predicted octanol–water partition coefficient (Wildman–Crippen LogP) is 3.91. The topological polar surface area (TPSA) is 71.1 Å². The fourth-order valence-corrected chi connectivity index (χ4v) is 3.92. The average molecular weight is 316 g/mol. The molecular weight excluding hydrogens is 290 g/mol. The van der Waals surface area contributed by atoms with Crippen molar-refractivity contribution in [3.63, 3.8) is 0 Å². The van der Waals surface area contributed by atoms with Crippen LogP contribution in [0.5, 0.6) is 0 Å². The Morgan fingerprint density at radius 2 is 1.11 bits per heavy atom. The van der Waals surface area contributed by atoms with Gasteiger partial charge in [-0.25, -0.2) is 0 Å². The second kappa shape index (κ2) is 8.56. The summed E-state index contributed by atoms with van der Waals surface area (Å²) >= 11 is 0. The first-order valence-electron chi connectivity index (χ1n) is 6.35. The quantitative estimate of drug-likeness (QED) is 0.449. The lowest BCUT2D eigenvalue weighted by atomic mass is 10.5. The van der Waals surface area contributed by atoms with Crippen molar-refractivity contribution in [1.82, 2.24) is 0 Å². The summed E-state index contributed by atoms with van der Waals surface area (Å²) in [6.45, 7) is 10.5. The van der Waals surface area contributed by atoms with Gasteiger partial charge in [0.2, 0.25) is 0 Å². The van der Waals surface area contributed by atoms with Crippen LogP contribution in [0, 0.1) is 0 Å². The summed E-state index contributed by atoms with van der Waals surface area (Å²) in [5, 5.41) is 0.